The molecular formula is C25H27F3IN7O4. The zero-order valence-electron chi connectivity index (χ0n) is 21.6. The number of hydrazine groups is 2. The third-order valence-corrected chi connectivity index (χ3v) is 6.95. The van der Waals surface area contributed by atoms with E-state index in [1.807, 2.05) is 51.9 Å². The molecule has 11 nitrogen and oxygen atoms in total. The van der Waals surface area contributed by atoms with Crippen LogP contribution in [0.1, 0.15) is 18.9 Å². The lowest BCUT2D eigenvalue weighted by Crippen LogP contribution is -2.56. The van der Waals surface area contributed by atoms with E-state index in [1.165, 1.54) is 36.4 Å². The van der Waals surface area contributed by atoms with Gasteiger partial charge in [0, 0.05) is 40.2 Å². The van der Waals surface area contributed by atoms with E-state index in [9.17, 15) is 22.8 Å². The van der Waals surface area contributed by atoms with Crippen LogP contribution in [0.25, 0.3) is 0 Å². The quantitative estimate of drug-likeness (QED) is 0.240. The third-order valence-electron chi connectivity index (χ3n) is 6.24. The van der Waals surface area contributed by atoms with Crippen LogP contribution in [0.3, 0.4) is 0 Å². The van der Waals surface area contributed by atoms with Gasteiger partial charge in [0.05, 0.1) is 17.8 Å². The van der Waals surface area contributed by atoms with Crippen LogP contribution in [0.2, 0.25) is 0 Å². The molecule has 2 aliphatic rings. The van der Waals surface area contributed by atoms with Crippen molar-refractivity contribution in [2.45, 2.75) is 25.1 Å². The monoisotopic (exact) mass is 673 g/mol. The summed E-state index contributed by atoms with van der Waals surface area (Å²) in [7, 11) is 1.02. The van der Waals surface area contributed by atoms with Gasteiger partial charge in [-0.25, -0.2) is 4.79 Å². The molecule has 2 aliphatic heterocycles. The maximum absolute atomic E-state index is 13.5. The molecule has 0 radical (unpaired) electrons. The Morgan fingerprint density at radius 3 is 2.30 bits per heavy atom. The number of anilines is 2. The summed E-state index contributed by atoms with van der Waals surface area (Å²) in [6, 6.07) is 14.9. The first-order chi connectivity index (χ1) is 19.0. The van der Waals surface area contributed by atoms with Crippen molar-refractivity contribution in [3.05, 3.63) is 69.7 Å². The van der Waals surface area contributed by atoms with Gasteiger partial charge in [-0.05, 0) is 45.5 Å². The van der Waals surface area contributed by atoms with E-state index in [4.69, 9.17) is 9.47 Å². The van der Waals surface area contributed by atoms with E-state index in [2.05, 4.69) is 26.0 Å². The van der Waals surface area contributed by atoms with Crippen LogP contribution in [0.15, 0.2) is 74.5 Å². The predicted molar refractivity (Wildman–Crippen MR) is 147 cm³/mol. The molecule has 2 N–H and O–H groups in total. The van der Waals surface area contributed by atoms with Gasteiger partial charge in [0.1, 0.15) is 0 Å². The Kier molecular flexibility index (Phi) is 9.15. The highest BCUT2D eigenvalue weighted by molar-refractivity contribution is 14.1. The summed E-state index contributed by atoms with van der Waals surface area (Å²) >= 11 is 1.83. The molecule has 0 saturated carbocycles. The minimum atomic E-state index is -4.72. The maximum atomic E-state index is 13.5. The van der Waals surface area contributed by atoms with Crippen LogP contribution < -0.4 is 15.6 Å². The van der Waals surface area contributed by atoms with E-state index in [0.717, 1.165) is 18.5 Å². The van der Waals surface area contributed by atoms with E-state index >= 15 is 0 Å². The molecule has 1 unspecified atom stereocenters. The molecule has 1 amide bonds. The zero-order valence-corrected chi connectivity index (χ0v) is 23.8. The first-order valence-corrected chi connectivity index (χ1v) is 13.2. The van der Waals surface area contributed by atoms with Gasteiger partial charge in [-0.15, -0.1) is 5.23 Å². The summed E-state index contributed by atoms with van der Waals surface area (Å²) in [6.45, 7) is 3.74. The third kappa shape index (κ3) is 6.82. The van der Waals surface area contributed by atoms with Gasteiger partial charge in [0.25, 0.3) is 5.88 Å². The molecule has 2 aromatic rings. The summed E-state index contributed by atoms with van der Waals surface area (Å²) < 4.78 is 51.3. The second-order valence-electron chi connectivity index (χ2n) is 8.93. The van der Waals surface area contributed by atoms with Gasteiger partial charge in [-0.1, -0.05) is 47.6 Å². The number of nitrogens with one attached hydrogen (secondary N) is 2. The van der Waals surface area contributed by atoms with Crippen LogP contribution in [0, 0.1) is 0 Å². The van der Waals surface area contributed by atoms with E-state index in [0.29, 0.717) is 26.2 Å². The molecule has 4 rings (SSSR count). The molecular weight excluding hydrogens is 646 g/mol. The predicted octanol–water partition coefficient (Wildman–Crippen LogP) is 4.47. The molecule has 2 heterocycles. The van der Waals surface area contributed by atoms with Crippen molar-refractivity contribution in [1.29, 1.82) is 0 Å². The lowest BCUT2D eigenvalue weighted by Gasteiger charge is -2.40. The highest BCUT2D eigenvalue weighted by Gasteiger charge is 2.51. The number of alkyl halides is 3. The SMILES string of the molecule is COC(CC(F)(F)F)(C(=O)OC1=C(I)NN(N2CCN(c3ccccc3NC(C)=O)CC2)N=N1)c1ccccc1. The number of rotatable bonds is 8. The minimum absolute atomic E-state index is 0.00397. The van der Waals surface area contributed by atoms with Crippen molar-refractivity contribution in [2.24, 2.45) is 10.3 Å². The largest absolute Gasteiger partial charge is 0.400 e. The average Bonchev–Trinajstić information content (AvgIpc) is 2.93. The van der Waals surface area contributed by atoms with Crippen LogP contribution in [-0.4, -0.2) is 61.6 Å². The number of methoxy groups -OCH3 is 1. The summed E-state index contributed by atoms with van der Waals surface area (Å²) in [5, 5.41) is 14.1. The standard InChI is InChI=1S/C25H27F3IN7O4/c1-17(37)30-19-10-6-7-11-20(19)34-12-14-35(15-13-34)36-32-21(29)22(31-33-36)40-23(38)24(39-2,16-25(26,27)28)18-8-4-3-5-9-18/h3-11,32H,12-16H2,1-2H3,(H,30,37). The van der Waals surface area contributed by atoms with Crippen molar-refractivity contribution in [3.8, 4) is 0 Å². The fraction of sp³-hybridized carbons (Fsp3) is 0.360. The second-order valence-corrected chi connectivity index (χ2v) is 10.0. The van der Waals surface area contributed by atoms with Gasteiger partial charge in [0.15, 0.2) is 9.30 Å². The zero-order chi connectivity index (χ0) is 28.9. The number of hydrogen-bond donors (Lipinski definition) is 2. The summed E-state index contributed by atoms with van der Waals surface area (Å²) in [5.41, 5.74) is 2.12. The topological polar surface area (TPSA) is 111 Å². The summed E-state index contributed by atoms with van der Waals surface area (Å²) in [5.74, 6) is -1.72. The number of hydrogen-bond acceptors (Lipinski definition) is 10. The van der Waals surface area contributed by atoms with Gasteiger partial charge in [-0.3, -0.25) is 10.2 Å². The molecule has 1 fully saturated rings. The lowest BCUT2D eigenvalue weighted by molar-refractivity contribution is -0.205. The Morgan fingerprint density at radius 2 is 1.70 bits per heavy atom. The van der Waals surface area contributed by atoms with E-state index in [1.54, 1.807) is 6.07 Å². The fourth-order valence-corrected chi connectivity index (χ4v) is 4.81. The number of halogens is 4. The molecule has 15 heteroatoms. The number of nitrogens with zero attached hydrogens (tertiary/aromatic N) is 5. The number of ether oxygens (including phenoxy) is 2. The number of carbonyl (C=O) groups excluding carboxylic acids is 2. The Bertz CT molecular complexity index is 1290. The van der Waals surface area contributed by atoms with Crippen molar-refractivity contribution in [1.82, 2.24) is 15.7 Å². The van der Waals surface area contributed by atoms with Crippen molar-refractivity contribution >= 4 is 45.8 Å². The number of carbonyl (C=O) groups is 2. The molecule has 0 spiro atoms. The van der Waals surface area contributed by atoms with Gasteiger partial charge < -0.3 is 19.7 Å². The van der Waals surface area contributed by atoms with Crippen molar-refractivity contribution in [2.75, 3.05) is 43.5 Å². The Labute approximate surface area is 242 Å². The van der Waals surface area contributed by atoms with Crippen LogP contribution in [0.5, 0.6) is 0 Å². The van der Waals surface area contributed by atoms with Crippen molar-refractivity contribution in [3.63, 3.8) is 0 Å². The minimum Gasteiger partial charge on any atom is -0.400 e. The van der Waals surface area contributed by atoms with Crippen LogP contribution >= 0.6 is 22.6 Å². The molecule has 0 bridgehead atoms. The van der Waals surface area contributed by atoms with Gasteiger partial charge in [-0.2, -0.15) is 18.2 Å². The first-order valence-electron chi connectivity index (χ1n) is 12.2. The molecule has 40 heavy (non-hydrogen) atoms. The smallest absolute Gasteiger partial charge is 0.392 e. The normalized spacial score (nSPS) is 17.8. The number of esters is 1. The number of piperazine rings is 1. The molecule has 1 atom stereocenters. The Morgan fingerprint density at radius 1 is 1.05 bits per heavy atom. The fourth-order valence-electron chi connectivity index (χ4n) is 4.37. The Hall–Kier alpha value is -3.44. The highest BCUT2D eigenvalue weighted by atomic mass is 127. The number of para-hydroxylation sites is 2. The number of amides is 1. The first kappa shape index (κ1) is 29.5. The maximum Gasteiger partial charge on any atom is 0.392 e. The molecule has 1 saturated heterocycles. The summed E-state index contributed by atoms with van der Waals surface area (Å²) in [4.78, 5) is 26.9. The van der Waals surface area contributed by atoms with Crippen molar-refractivity contribution < 1.29 is 32.2 Å². The lowest BCUT2D eigenvalue weighted by atomic mass is 9.89. The number of benzene rings is 2. The van der Waals surface area contributed by atoms with Crippen LogP contribution in [-0.2, 0) is 24.7 Å². The van der Waals surface area contributed by atoms with E-state index < -0.39 is 24.2 Å². The molecule has 0 aliphatic carbocycles. The Balaban J connectivity index is 1.42. The van der Waals surface area contributed by atoms with Gasteiger partial charge in [0.2, 0.25) is 5.91 Å². The molecule has 214 valence electrons. The molecule has 2 aromatic carbocycles. The summed E-state index contributed by atoms with van der Waals surface area (Å²) in [6.07, 6.45) is -6.31. The van der Waals surface area contributed by atoms with Crippen LogP contribution in [0.4, 0.5) is 24.5 Å². The highest BCUT2D eigenvalue weighted by Crippen LogP contribution is 2.39. The van der Waals surface area contributed by atoms with Gasteiger partial charge >= 0.3 is 12.1 Å². The average molecular weight is 673 g/mol. The second kappa shape index (κ2) is 12.4. The van der Waals surface area contributed by atoms with E-state index in [-0.39, 0.29) is 21.1 Å². The molecule has 0 aromatic heterocycles.